The van der Waals surface area contributed by atoms with Crippen LogP contribution in [0.1, 0.15) is 44.1 Å². The summed E-state index contributed by atoms with van der Waals surface area (Å²) < 4.78 is 0.909. The van der Waals surface area contributed by atoms with Crippen molar-refractivity contribution in [3.05, 3.63) is 44.9 Å². The predicted octanol–water partition coefficient (Wildman–Crippen LogP) is 3.92. The zero-order chi connectivity index (χ0) is 19.4. The first-order valence-electron chi connectivity index (χ1n) is 9.11. The lowest BCUT2D eigenvalue weighted by Crippen LogP contribution is -2.43. The first kappa shape index (κ1) is 20.0. The molecule has 1 fully saturated rings. The summed E-state index contributed by atoms with van der Waals surface area (Å²) >= 11 is 4.71. The van der Waals surface area contributed by atoms with Gasteiger partial charge in [-0.2, -0.15) is 5.26 Å². The average molecular weight is 448 g/mol. The number of halogens is 1. The second kappa shape index (κ2) is 8.94. The molecular weight excluding hydrogens is 426 g/mol. The van der Waals surface area contributed by atoms with Gasteiger partial charge in [0.2, 0.25) is 11.8 Å². The molecule has 0 radical (unpaired) electrons. The Morgan fingerprint density at radius 3 is 2.96 bits per heavy atom. The fourth-order valence-electron chi connectivity index (χ4n) is 3.63. The number of hydrogen-bond acceptors (Lipinski definition) is 4. The highest BCUT2D eigenvalue weighted by Crippen LogP contribution is 2.36. The summed E-state index contributed by atoms with van der Waals surface area (Å²) in [5, 5.41) is 13.0. The summed E-state index contributed by atoms with van der Waals surface area (Å²) in [4.78, 5) is 26.7. The minimum atomic E-state index is -0.284. The van der Waals surface area contributed by atoms with Gasteiger partial charge < -0.3 is 10.2 Å². The Kier molecular flexibility index (Phi) is 6.61. The summed E-state index contributed by atoms with van der Waals surface area (Å²) in [6, 6.07) is 10.2. The van der Waals surface area contributed by atoms with Gasteiger partial charge in [-0.25, -0.2) is 0 Å². The van der Waals surface area contributed by atoms with Gasteiger partial charge in [0.05, 0.1) is 22.4 Å². The van der Waals surface area contributed by atoms with E-state index in [9.17, 15) is 14.9 Å². The number of amides is 2. The van der Waals surface area contributed by atoms with Crippen molar-refractivity contribution in [3.63, 3.8) is 0 Å². The van der Waals surface area contributed by atoms with Crippen LogP contribution < -0.4 is 5.32 Å². The van der Waals surface area contributed by atoms with E-state index in [0.29, 0.717) is 10.6 Å². The maximum atomic E-state index is 12.6. The van der Waals surface area contributed by atoms with E-state index in [0.717, 1.165) is 35.8 Å². The highest BCUT2D eigenvalue weighted by atomic mass is 79.9. The summed E-state index contributed by atoms with van der Waals surface area (Å²) in [6.07, 6.45) is 3.46. The van der Waals surface area contributed by atoms with Crippen LogP contribution in [0.2, 0.25) is 0 Å². The fourth-order valence-corrected chi connectivity index (χ4v) is 5.01. The Balaban J connectivity index is 1.78. The molecule has 0 aliphatic carbocycles. The van der Waals surface area contributed by atoms with Crippen LogP contribution in [0.5, 0.6) is 0 Å². The van der Waals surface area contributed by atoms with Crippen molar-refractivity contribution in [3.8, 4) is 6.07 Å². The Hall–Kier alpha value is -1.78. The van der Waals surface area contributed by atoms with E-state index in [1.54, 1.807) is 0 Å². The third-order valence-electron chi connectivity index (χ3n) is 5.07. The van der Waals surface area contributed by atoms with Gasteiger partial charge in [0.25, 0.3) is 0 Å². The molecule has 1 aromatic carbocycles. The summed E-state index contributed by atoms with van der Waals surface area (Å²) in [6.45, 7) is 2.87. The summed E-state index contributed by atoms with van der Waals surface area (Å²) in [7, 11) is 0. The van der Waals surface area contributed by atoms with Crippen LogP contribution in [-0.4, -0.2) is 35.1 Å². The number of carbonyl (C=O) groups is 2. The van der Waals surface area contributed by atoms with Crippen molar-refractivity contribution in [1.82, 2.24) is 10.2 Å². The number of nitrogens with one attached hydrogen (secondary N) is 1. The van der Waals surface area contributed by atoms with Gasteiger partial charge in [-0.3, -0.25) is 9.59 Å². The number of piperidine rings is 1. The average Bonchev–Trinajstić information content (AvgIpc) is 2.66. The molecule has 5 nitrogen and oxygen atoms in total. The van der Waals surface area contributed by atoms with E-state index in [1.165, 1.54) is 11.8 Å². The summed E-state index contributed by atoms with van der Waals surface area (Å²) in [5.41, 5.74) is 1.45. The monoisotopic (exact) mass is 447 g/mol. The lowest BCUT2D eigenvalue weighted by Gasteiger charge is -2.33. The van der Waals surface area contributed by atoms with E-state index in [-0.39, 0.29) is 35.9 Å². The zero-order valence-corrected chi connectivity index (χ0v) is 17.6. The number of nitrogens with zero attached hydrogens (tertiary/aromatic N) is 2. The second-order valence-corrected chi connectivity index (χ2v) is 8.84. The smallest absolute Gasteiger partial charge is 0.233 e. The molecule has 2 aliphatic rings. The molecule has 2 heterocycles. The standard InChI is InChI=1S/C20H22BrN3O2S/c1-13-5-2-3-8-24(13)19(26)12-27-20-17(11-22)16(10-18(25)23-20)14-6-4-7-15(21)9-14/h4,6-7,9,13,16H,2-3,5,8,10,12H2,1H3,(H,23,25)/t13-,16+/m1/s1. The molecule has 2 amide bonds. The quantitative estimate of drug-likeness (QED) is 0.758. The van der Waals surface area contributed by atoms with Crippen molar-refractivity contribution >= 4 is 39.5 Å². The van der Waals surface area contributed by atoms with E-state index in [4.69, 9.17) is 0 Å². The van der Waals surface area contributed by atoms with Gasteiger partial charge in [-0.15, -0.1) is 0 Å². The lowest BCUT2D eigenvalue weighted by molar-refractivity contribution is -0.131. The Morgan fingerprint density at radius 1 is 1.44 bits per heavy atom. The molecule has 7 heteroatoms. The third kappa shape index (κ3) is 4.74. The van der Waals surface area contributed by atoms with E-state index >= 15 is 0 Å². The normalized spacial score (nSPS) is 23.0. The highest BCUT2D eigenvalue weighted by Gasteiger charge is 2.31. The number of nitriles is 1. The molecule has 0 unspecified atom stereocenters. The first-order chi connectivity index (χ1) is 13.0. The van der Waals surface area contributed by atoms with Crippen LogP contribution in [0.15, 0.2) is 39.3 Å². The fraction of sp³-hybridized carbons (Fsp3) is 0.450. The van der Waals surface area contributed by atoms with Gasteiger partial charge in [0, 0.05) is 29.4 Å². The van der Waals surface area contributed by atoms with Crippen LogP contribution >= 0.6 is 27.7 Å². The third-order valence-corrected chi connectivity index (χ3v) is 6.57. The molecule has 1 saturated heterocycles. The minimum absolute atomic E-state index is 0.0656. The predicted molar refractivity (Wildman–Crippen MR) is 110 cm³/mol. The maximum absolute atomic E-state index is 12.6. The Morgan fingerprint density at radius 2 is 2.26 bits per heavy atom. The molecule has 1 aromatic rings. The van der Waals surface area contributed by atoms with Crippen LogP contribution in [0.25, 0.3) is 0 Å². The van der Waals surface area contributed by atoms with E-state index < -0.39 is 0 Å². The number of carbonyl (C=O) groups excluding carboxylic acids is 2. The van der Waals surface area contributed by atoms with Crippen LogP contribution in [-0.2, 0) is 9.59 Å². The number of hydrogen-bond donors (Lipinski definition) is 1. The number of benzene rings is 1. The van der Waals surface area contributed by atoms with Crippen molar-refractivity contribution in [2.75, 3.05) is 12.3 Å². The number of likely N-dealkylation sites (tertiary alicyclic amines) is 1. The summed E-state index contributed by atoms with van der Waals surface area (Å²) in [5.74, 6) is -0.111. The van der Waals surface area contributed by atoms with Crippen molar-refractivity contribution in [1.29, 1.82) is 5.26 Å². The van der Waals surface area contributed by atoms with E-state index in [2.05, 4.69) is 34.2 Å². The molecular formula is C20H22BrN3O2S. The molecule has 0 spiro atoms. The Bertz CT molecular complexity index is 818. The second-order valence-electron chi connectivity index (χ2n) is 6.94. The van der Waals surface area contributed by atoms with Gasteiger partial charge in [0.1, 0.15) is 0 Å². The first-order valence-corrected chi connectivity index (χ1v) is 10.9. The van der Waals surface area contributed by atoms with Gasteiger partial charge >= 0.3 is 0 Å². The SMILES string of the molecule is C[C@@H]1CCCCN1C(=O)CSC1=C(C#N)[C@H](c2cccc(Br)c2)CC(=O)N1. The molecule has 1 N–H and O–H groups in total. The van der Waals surface area contributed by atoms with Gasteiger partial charge in [-0.1, -0.05) is 39.8 Å². The molecule has 3 rings (SSSR count). The highest BCUT2D eigenvalue weighted by molar-refractivity contribution is 9.10. The number of allylic oxidation sites excluding steroid dienone is 1. The molecule has 2 aliphatic heterocycles. The maximum Gasteiger partial charge on any atom is 0.233 e. The minimum Gasteiger partial charge on any atom is -0.339 e. The van der Waals surface area contributed by atoms with Gasteiger partial charge in [-0.05, 0) is 43.9 Å². The van der Waals surface area contributed by atoms with E-state index in [1.807, 2.05) is 29.2 Å². The van der Waals surface area contributed by atoms with Gasteiger partial charge in [0.15, 0.2) is 0 Å². The topological polar surface area (TPSA) is 73.2 Å². The molecule has 0 bridgehead atoms. The molecule has 0 saturated carbocycles. The van der Waals surface area contributed by atoms with Crippen LogP contribution in [0, 0.1) is 11.3 Å². The van der Waals surface area contributed by atoms with Crippen LogP contribution in [0.4, 0.5) is 0 Å². The Labute approximate surface area is 172 Å². The van der Waals surface area contributed by atoms with Crippen molar-refractivity contribution in [2.45, 2.75) is 44.6 Å². The largest absolute Gasteiger partial charge is 0.339 e. The molecule has 0 aromatic heterocycles. The van der Waals surface area contributed by atoms with Crippen LogP contribution in [0.3, 0.4) is 0 Å². The van der Waals surface area contributed by atoms with Crippen molar-refractivity contribution < 1.29 is 9.59 Å². The molecule has 27 heavy (non-hydrogen) atoms. The zero-order valence-electron chi connectivity index (χ0n) is 15.2. The lowest BCUT2D eigenvalue weighted by atomic mass is 9.87. The van der Waals surface area contributed by atoms with Crippen molar-refractivity contribution in [2.24, 2.45) is 0 Å². The number of rotatable bonds is 4. The number of thioether (sulfide) groups is 1. The molecule has 142 valence electrons. The molecule has 2 atom stereocenters.